The number of rotatable bonds is 4. The molecule has 1 atom stereocenters. The van der Waals surface area contributed by atoms with Gasteiger partial charge in [-0.15, -0.1) is 0 Å². The number of anilines is 1. The van der Waals surface area contributed by atoms with Crippen molar-refractivity contribution in [3.05, 3.63) is 11.3 Å². The van der Waals surface area contributed by atoms with E-state index in [0.29, 0.717) is 6.54 Å². The lowest BCUT2D eigenvalue weighted by atomic mass is 10.0. The number of nitrogens with one attached hydrogen (secondary N) is 1. The molecule has 0 aromatic carbocycles. The molecule has 2 N–H and O–H groups in total. The molecular weight excluding hydrogens is 256 g/mol. The van der Waals surface area contributed by atoms with Crippen molar-refractivity contribution >= 4 is 5.82 Å². The number of morpholine rings is 1. The molecular formula is C14H26N4O2. The van der Waals surface area contributed by atoms with Gasteiger partial charge >= 0.3 is 0 Å². The molecule has 1 aromatic rings. The third kappa shape index (κ3) is 2.97. The molecule has 20 heavy (non-hydrogen) atoms. The molecule has 0 aliphatic carbocycles. The summed E-state index contributed by atoms with van der Waals surface area (Å²) in [6.45, 7) is 8.46. The minimum Gasteiger partial charge on any atom is -0.394 e. The lowest BCUT2D eigenvalue weighted by Gasteiger charge is -2.43. The first-order valence-electron chi connectivity index (χ1n) is 7.08. The van der Waals surface area contributed by atoms with Gasteiger partial charge in [0.25, 0.3) is 0 Å². The summed E-state index contributed by atoms with van der Waals surface area (Å²) in [5.74, 6) is 1.12. The van der Waals surface area contributed by atoms with Gasteiger partial charge in [0.1, 0.15) is 5.82 Å². The van der Waals surface area contributed by atoms with E-state index in [-0.39, 0.29) is 18.3 Å². The maximum absolute atomic E-state index is 9.45. The highest BCUT2D eigenvalue weighted by atomic mass is 16.5. The fourth-order valence-electron chi connectivity index (χ4n) is 3.02. The number of aliphatic hydroxyl groups is 1. The molecule has 1 saturated heterocycles. The molecule has 0 amide bonds. The standard InChI is InChI=1S/C14H26N4O2/c1-10-12(6-15-4)13(17(5)16-10)18-7-11(8-19)20-14(2,3)9-18/h11,15,19H,6-9H2,1-5H3. The molecule has 6 heteroatoms. The van der Waals surface area contributed by atoms with E-state index >= 15 is 0 Å². The van der Waals surface area contributed by atoms with Crippen LogP contribution in [-0.2, 0) is 18.3 Å². The number of aryl methyl sites for hydroxylation is 2. The topological polar surface area (TPSA) is 62.6 Å². The molecule has 2 heterocycles. The zero-order chi connectivity index (χ0) is 14.9. The van der Waals surface area contributed by atoms with Gasteiger partial charge in [-0.3, -0.25) is 4.68 Å². The van der Waals surface area contributed by atoms with Gasteiger partial charge in [0.2, 0.25) is 0 Å². The Balaban J connectivity index is 2.34. The maximum Gasteiger partial charge on any atom is 0.131 e. The molecule has 0 spiro atoms. The number of aliphatic hydroxyl groups excluding tert-OH is 1. The molecule has 6 nitrogen and oxygen atoms in total. The Morgan fingerprint density at radius 2 is 2.20 bits per heavy atom. The van der Waals surface area contributed by atoms with Crippen molar-refractivity contribution in [2.24, 2.45) is 7.05 Å². The van der Waals surface area contributed by atoms with Gasteiger partial charge in [-0.1, -0.05) is 0 Å². The zero-order valence-corrected chi connectivity index (χ0v) is 13.1. The summed E-state index contributed by atoms with van der Waals surface area (Å²) in [5.41, 5.74) is 1.98. The van der Waals surface area contributed by atoms with Crippen LogP contribution in [0.1, 0.15) is 25.1 Å². The van der Waals surface area contributed by atoms with Crippen LogP contribution in [0.3, 0.4) is 0 Å². The Labute approximate surface area is 120 Å². The minimum atomic E-state index is -0.277. The maximum atomic E-state index is 9.45. The van der Waals surface area contributed by atoms with Crippen LogP contribution < -0.4 is 10.2 Å². The van der Waals surface area contributed by atoms with Crippen molar-refractivity contribution in [2.45, 2.75) is 39.0 Å². The monoisotopic (exact) mass is 282 g/mol. The van der Waals surface area contributed by atoms with E-state index in [1.54, 1.807) is 0 Å². The second kappa shape index (κ2) is 5.71. The average molecular weight is 282 g/mol. The van der Waals surface area contributed by atoms with E-state index in [4.69, 9.17) is 4.74 Å². The number of hydrogen-bond acceptors (Lipinski definition) is 5. The first-order chi connectivity index (χ1) is 9.38. The summed E-state index contributed by atoms with van der Waals surface area (Å²) in [4.78, 5) is 2.27. The predicted molar refractivity (Wildman–Crippen MR) is 79.0 cm³/mol. The Kier molecular flexibility index (Phi) is 4.36. The van der Waals surface area contributed by atoms with Crippen LogP contribution in [0.15, 0.2) is 0 Å². The van der Waals surface area contributed by atoms with E-state index in [1.807, 2.05) is 25.7 Å². The average Bonchev–Trinajstić information content (AvgIpc) is 2.62. The van der Waals surface area contributed by atoms with Crippen molar-refractivity contribution in [3.8, 4) is 0 Å². The van der Waals surface area contributed by atoms with Crippen molar-refractivity contribution < 1.29 is 9.84 Å². The largest absolute Gasteiger partial charge is 0.394 e. The van der Waals surface area contributed by atoms with Gasteiger partial charge in [-0.25, -0.2) is 0 Å². The van der Waals surface area contributed by atoms with E-state index < -0.39 is 0 Å². The fourth-order valence-corrected chi connectivity index (χ4v) is 3.02. The van der Waals surface area contributed by atoms with Crippen LogP contribution in [-0.4, -0.2) is 53.3 Å². The zero-order valence-electron chi connectivity index (χ0n) is 13.1. The van der Waals surface area contributed by atoms with Gasteiger partial charge in [0.15, 0.2) is 0 Å². The van der Waals surface area contributed by atoms with Crippen LogP contribution in [0.2, 0.25) is 0 Å². The van der Waals surface area contributed by atoms with Gasteiger partial charge in [-0.05, 0) is 27.8 Å². The number of nitrogens with zero attached hydrogens (tertiary/aromatic N) is 3. The highest BCUT2D eigenvalue weighted by molar-refractivity contribution is 5.51. The molecule has 0 radical (unpaired) electrons. The van der Waals surface area contributed by atoms with Gasteiger partial charge in [-0.2, -0.15) is 5.10 Å². The number of hydrogen-bond donors (Lipinski definition) is 2. The van der Waals surface area contributed by atoms with Gasteiger partial charge in [0.05, 0.1) is 24.0 Å². The molecule has 1 aliphatic rings. The van der Waals surface area contributed by atoms with Crippen LogP contribution in [0, 0.1) is 6.92 Å². The Hall–Kier alpha value is -1.11. The molecule has 1 unspecified atom stereocenters. The van der Waals surface area contributed by atoms with Crippen molar-refractivity contribution in [1.82, 2.24) is 15.1 Å². The first kappa shape index (κ1) is 15.3. The highest BCUT2D eigenvalue weighted by Gasteiger charge is 2.35. The van der Waals surface area contributed by atoms with Crippen LogP contribution in [0.5, 0.6) is 0 Å². The lowest BCUT2D eigenvalue weighted by Crippen LogP contribution is -2.54. The predicted octanol–water partition coefficient (Wildman–Crippen LogP) is 0.424. The van der Waals surface area contributed by atoms with E-state index in [0.717, 1.165) is 24.6 Å². The second-order valence-electron chi connectivity index (χ2n) is 6.10. The third-order valence-corrected chi connectivity index (χ3v) is 3.65. The van der Waals surface area contributed by atoms with Crippen LogP contribution in [0.4, 0.5) is 5.82 Å². The lowest BCUT2D eigenvalue weighted by molar-refractivity contribution is -0.101. The first-order valence-corrected chi connectivity index (χ1v) is 7.08. The summed E-state index contributed by atoms with van der Waals surface area (Å²) in [6, 6.07) is 0. The van der Waals surface area contributed by atoms with Crippen LogP contribution >= 0.6 is 0 Å². The molecule has 1 aromatic heterocycles. The Morgan fingerprint density at radius 1 is 1.50 bits per heavy atom. The fraction of sp³-hybridized carbons (Fsp3) is 0.786. The quantitative estimate of drug-likeness (QED) is 0.838. The molecule has 0 saturated carbocycles. The molecule has 0 bridgehead atoms. The normalized spacial score (nSPS) is 22.3. The minimum absolute atomic E-state index is 0.0398. The van der Waals surface area contributed by atoms with Crippen molar-refractivity contribution in [3.63, 3.8) is 0 Å². The summed E-state index contributed by atoms with van der Waals surface area (Å²) in [5, 5.41) is 17.2. The Morgan fingerprint density at radius 3 is 2.80 bits per heavy atom. The molecule has 2 rings (SSSR count). The SMILES string of the molecule is CNCc1c(C)nn(C)c1N1CC(CO)OC(C)(C)C1. The molecule has 114 valence electrons. The van der Waals surface area contributed by atoms with E-state index in [2.05, 4.69) is 29.2 Å². The summed E-state index contributed by atoms with van der Waals surface area (Å²) in [7, 11) is 3.91. The van der Waals surface area contributed by atoms with E-state index in [1.165, 1.54) is 5.56 Å². The highest BCUT2D eigenvalue weighted by Crippen LogP contribution is 2.29. The summed E-state index contributed by atoms with van der Waals surface area (Å²) < 4.78 is 7.81. The Bertz CT molecular complexity index is 470. The van der Waals surface area contributed by atoms with Crippen molar-refractivity contribution in [1.29, 1.82) is 0 Å². The molecule has 1 aliphatic heterocycles. The number of ether oxygens (including phenoxy) is 1. The van der Waals surface area contributed by atoms with Crippen LogP contribution in [0.25, 0.3) is 0 Å². The third-order valence-electron chi connectivity index (χ3n) is 3.65. The summed E-state index contributed by atoms with van der Waals surface area (Å²) in [6.07, 6.45) is -0.156. The second-order valence-corrected chi connectivity index (χ2v) is 6.10. The van der Waals surface area contributed by atoms with Gasteiger partial charge in [0, 0.05) is 32.2 Å². The molecule has 1 fully saturated rings. The number of aromatic nitrogens is 2. The van der Waals surface area contributed by atoms with Crippen molar-refractivity contribution in [2.75, 3.05) is 31.6 Å². The van der Waals surface area contributed by atoms with E-state index in [9.17, 15) is 5.11 Å². The smallest absolute Gasteiger partial charge is 0.131 e. The summed E-state index contributed by atoms with van der Waals surface area (Å²) >= 11 is 0. The van der Waals surface area contributed by atoms with Gasteiger partial charge < -0.3 is 20.1 Å².